The zero-order valence-electron chi connectivity index (χ0n) is 16.3. The van der Waals surface area contributed by atoms with E-state index in [1.54, 1.807) is 30.3 Å². The summed E-state index contributed by atoms with van der Waals surface area (Å²) in [4.78, 5) is 12.2. The van der Waals surface area contributed by atoms with E-state index in [4.69, 9.17) is 4.74 Å². The van der Waals surface area contributed by atoms with Crippen LogP contribution in [0.4, 0.5) is 0 Å². The van der Waals surface area contributed by atoms with Crippen LogP contribution in [-0.2, 0) is 26.0 Å². The molecule has 29 heavy (non-hydrogen) atoms. The lowest BCUT2D eigenvalue weighted by Gasteiger charge is -2.26. The van der Waals surface area contributed by atoms with Gasteiger partial charge in [-0.05, 0) is 42.2 Å². The van der Waals surface area contributed by atoms with Crippen molar-refractivity contribution < 1.29 is 17.9 Å². The normalized spacial score (nSPS) is 15.4. The molecule has 0 saturated carbocycles. The van der Waals surface area contributed by atoms with Gasteiger partial charge in [-0.2, -0.15) is 4.31 Å². The summed E-state index contributed by atoms with van der Waals surface area (Å²) in [5.74, 6) is -0.164. The molecule has 1 fully saturated rings. The monoisotopic (exact) mass is 414 g/mol. The number of morpholine rings is 1. The molecule has 6 nitrogen and oxygen atoms in total. The molecule has 0 bridgehead atoms. The van der Waals surface area contributed by atoms with Crippen LogP contribution in [0.15, 0.2) is 65.6 Å². The zero-order chi connectivity index (χ0) is 20.5. The number of rotatable bonds is 8. The number of carbonyl (C=O) groups is 1. The fourth-order valence-electron chi connectivity index (χ4n) is 3.07. The lowest BCUT2D eigenvalue weighted by atomic mass is 10.1. The predicted molar refractivity (Wildman–Crippen MR) is 113 cm³/mol. The second-order valence-electron chi connectivity index (χ2n) is 6.80. The van der Waals surface area contributed by atoms with E-state index in [9.17, 15) is 13.2 Å². The largest absolute Gasteiger partial charge is 0.379 e. The molecule has 1 N–H and O–H groups in total. The second kappa shape index (κ2) is 10.3. The van der Waals surface area contributed by atoms with Gasteiger partial charge in [-0.25, -0.2) is 8.42 Å². The Morgan fingerprint density at radius 3 is 2.41 bits per heavy atom. The third kappa shape index (κ3) is 6.25. The molecular formula is C22H26N2O4S. The number of nitrogens with zero attached hydrogens (tertiary/aromatic N) is 1. The topological polar surface area (TPSA) is 75.7 Å². The van der Waals surface area contributed by atoms with E-state index in [-0.39, 0.29) is 10.8 Å². The molecule has 154 valence electrons. The lowest BCUT2D eigenvalue weighted by Crippen LogP contribution is -2.40. The first-order valence-electron chi connectivity index (χ1n) is 9.73. The Balaban J connectivity index is 1.47. The first-order chi connectivity index (χ1) is 14.1. The highest BCUT2D eigenvalue weighted by Crippen LogP contribution is 2.18. The SMILES string of the molecule is O=C(/C=C/c1ccc(S(=O)(=O)N2CCOCC2)cc1)NCCCc1ccccc1. The van der Waals surface area contributed by atoms with Gasteiger partial charge in [0.25, 0.3) is 0 Å². The van der Waals surface area contributed by atoms with Crippen LogP contribution in [-0.4, -0.2) is 51.5 Å². The summed E-state index contributed by atoms with van der Waals surface area (Å²) in [6.45, 7) is 2.18. The van der Waals surface area contributed by atoms with Crippen molar-refractivity contribution in [3.63, 3.8) is 0 Å². The van der Waals surface area contributed by atoms with Crippen LogP contribution in [0, 0.1) is 0 Å². The average Bonchev–Trinajstić information content (AvgIpc) is 2.77. The molecule has 0 unspecified atom stereocenters. The van der Waals surface area contributed by atoms with Gasteiger partial charge in [-0.3, -0.25) is 4.79 Å². The van der Waals surface area contributed by atoms with Crippen LogP contribution in [0.2, 0.25) is 0 Å². The van der Waals surface area contributed by atoms with E-state index < -0.39 is 10.0 Å². The predicted octanol–water partition coefficient (Wildman–Crippen LogP) is 2.47. The van der Waals surface area contributed by atoms with Crippen molar-refractivity contribution in [2.45, 2.75) is 17.7 Å². The van der Waals surface area contributed by atoms with Gasteiger partial charge in [-0.1, -0.05) is 42.5 Å². The van der Waals surface area contributed by atoms with Crippen LogP contribution in [0.3, 0.4) is 0 Å². The van der Waals surface area contributed by atoms with Gasteiger partial charge in [-0.15, -0.1) is 0 Å². The molecule has 0 aromatic heterocycles. The Hall–Kier alpha value is -2.48. The first kappa shape index (κ1) is 21.2. The Bertz CT molecular complexity index is 919. The number of amides is 1. The molecule has 1 heterocycles. The maximum absolute atomic E-state index is 12.6. The molecule has 0 atom stereocenters. The van der Waals surface area contributed by atoms with Gasteiger partial charge in [0.15, 0.2) is 0 Å². The quantitative estimate of drug-likeness (QED) is 0.532. The van der Waals surface area contributed by atoms with E-state index in [1.165, 1.54) is 15.9 Å². The molecule has 1 aliphatic rings. The van der Waals surface area contributed by atoms with E-state index in [0.717, 1.165) is 18.4 Å². The van der Waals surface area contributed by atoms with E-state index in [2.05, 4.69) is 17.4 Å². The van der Waals surface area contributed by atoms with Gasteiger partial charge >= 0.3 is 0 Å². The Morgan fingerprint density at radius 1 is 1.03 bits per heavy atom. The van der Waals surface area contributed by atoms with Gasteiger partial charge in [0.05, 0.1) is 18.1 Å². The maximum Gasteiger partial charge on any atom is 0.243 e. The number of hydrogen-bond acceptors (Lipinski definition) is 4. The molecule has 0 radical (unpaired) electrons. The molecule has 0 spiro atoms. The summed E-state index contributed by atoms with van der Waals surface area (Å²) in [5, 5.41) is 2.86. The minimum Gasteiger partial charge on any atom is -0.379 e. The van der Waals surface area contributed by atoms with Gasteiger partial charge in [0.1, 0.15) is 0 Å². The number of ether oxygens (including phenoxy) is 1. The minimum atomic E-state index is -3.50. The molecule has 0 aliphatic carbocycles. The van der Waals surface area contributed by atoms with Crippen LogP contribution in [0.1, 0.15) is 17.5 Å². The van der Waals surface area contributed by atoms with Crippen molar-refractivity contribution in [1.29, 1.82) is 0 Å². The molecule has 1 amide bonds. The molecule has 2 aromatic rings. The van der Waals surface area contributed by atoms with Crippen molar-refractivity contribution in [2.75, 3.05) is 32.8 Å². The zero-order valence-corrected chi connectivity index (χ0v) is 17.1. The maximum atomic E-state index is 12.6. The molecule has 3 rings (SSSR count). The third-order valence-corrected chi connectivity index (χ3v) is 6.61. The summed E-state index contributed by atoms with van der Waals surface area (Å²) in [6, 6.07) is 16.7. The standard InChI is InChI=1S/C22H26N2O4S/c25-22(23-14-4-7-19-5-2-1-3-6-19)13-10-20-8-11-21(12-9-20)29(26,27)24-15-17-28-18-16-24/h1-3,5-6,8-13H,4,7,14-18H2,(H,23,25)/b13-10+. The Kier molecular flexibility index (Phi) is 7.57. The number of aryl methyl sites for hydroxylation is 1. The van der Waals surface area contributed by atoms with E-state index in [1.807, 2.05) is 18.2 Å². The highest BCUT2D eigenvalue weighted by Gasteiger charge is 2.25. The van der Waals surface area contributed by atoms with Gasteiger partial charge < -0.3 is 10.1 Å². The summed E-state index contributed by atoms with van der Waals surface area (Å²) in [6.07, 6.45) is 4.94. The number of hydrogen-bond donors (Lipinski definition) is 1. The Labute approximate surface area is 172 Å². The summed E-state index contributed by atoms with van der Waals surface area (Å²) < 4.78 is 31.8. The van der Waals surface area contributed by atoms with Crippen molar-refractivity contribution in [3.05, 3.63) is 71.8 Å². The van der Waals surface area contributed by atoms with Gasteiger partial charge in [0.2, 0.25) is 15.9 Å². The number of carbonyl (C=O) groups excluding carboxylic acids is 1. The smallest absolute Gasteiger partial charge is 0.243 e. The van der Waals surface area contributed by atoms with Crippen LogP contribution < -0.4 is 5.32 Å². The number of benzene rings is 2. The highest BCUT2D eigenvalue weighted by molar-refractivity contribution is 7.89. The average molecular weight is 415 g/mol. The van der Waals surface area contributed by atoms with Crippen LogP contribution in [0.5, 0.6) is 0 Å². The van der Waals surface area contributed by atoms with Crippen molar-refractivity contribution in [2.24, 2.45) is 0 Å². The number of sulfonamides is 1. The number of nitrogens with one attached hydrogen (secondary N) is 1. The molecular weight excluding hydrogens is 388 g/mol. The molecule has 2 aromatic carbocycles. The van der Waals surface area contributed by atoms with Crippen molar-refractivity contribution in [1.82, 2.24) is 9.62 Å². The fraction of sp³-hybridized carbons (Fsp3) is 0.318. The fourth-order valence-corrected chi connectivity index (χ4v) is 4.47. The highest BCUT2D eigenvalue weighted by atomic mass is 32.2. The van der Waals surface area contributed by atoms with Crippen LogP contribution in [0.25, 0.3) is 6.08 Å². The van der Waals surface area contributed by atoms with Crippen LogP contribution >= 0.6 is 0 Å². The van der Waals surface area contributed by atoms with Gasteiger partial charge in [0, 0.05) is 25.7 Å². The van der Waals surface area contributed by atoms with E-state index in [0.29, 0.717) is 32.8 Å². The van der Waals surface area contributed by atoms with E-state index >= 15 is 0 Å². The first-order valence-corrected chi connectivity index (χ1v) is 11.2. The molecule has 7 heteroatoms. The minimum absolute atomic E-state index is 0.164. The molecule has 1 saturated heterocycles. The molecule has 1 aliphatic heterocycles. The van der Waals surface area contributed by atoms with Crippen molar-refractivity contribution in [3.8, 4) is 0 Å². The van der Waals surface area contributed by atoms with Crippen molar-refractivity contribution >= 4 is 22.0 Å². The Morgan fingerprint density at radius 2 is 1.72 bits per heavy atom. The summed E-state index contributed by atoms with van der Waals surface area (Å²) >= 11 is 0. The second-order valence-corrected chi connectivity index (χ2v) is 8.74. The lowest BCUT2D eigenvalue weighted by molar-refractivity contribution is -0.116. The summed E-state index contributed by atoms with van der Waals surface area (Å²) in [7, 11) is -3.50. The summed E-state index contributed by atoms with van der Waals surface area (Å²) in [5.41, 5.74) is 2.02. The third-order valence-electron chi connectivity index (χ3n) is 4.70.